The Morgan fingerprint density at radius 2 is 1.65 bits per heavy atom. The van der Waals surface area contributed by atoms with Gasteiger partial charge in [0, 0.05) is 31.9 Å². The summed E-state index contributed by atoms with van der Waals surface area (Å²) in [6, 6.07) is 12.5. The van der Waals surface area contributed by atoms with E-state index in [-0.39, 0.29) is 11.9 Å². The third-order valence-corrected chi connectivity index (χ3v) is 7.39. The van der Waals surface area contributed by atoms with Crippen LogP contribution < -0.4 is 4.90 Å². The van der Waals surface area contributed by atoms with Crippen LogP contribution in [0.2, 0.25) is 0 Å². The fraction of sp³-hybridized carbons (Fsp3) is 0.462. The van der Waals surface area contributed by atoms with Gasteiger partial charge in [-0.2, -0.15) is 13.2 Å². The summed E-state index contributed by atoms with van der Waals surface area (Å²) in [7, 11) is 0. The third kappa shape index (κ3) is 4.03. The molecule has 0 N–H and O–H groups in total. The number of hydrogen-bond donors (Lipinski definition) is 0. The lowest BCUT2D eigenvalue weighted by molar-refractivity contribution is -0.143. The molecule has 0 aromatic heterocycles. The van der Waals surface area contributed by atoms with Gasteiger partial charge >= 0.3 is 12.1 Å². The third-order valence-electron chi connectivity index (χ3n) is 7.39. The van der Waals surface area contributed by atoms with E-state index in [9.17, 15) is 22.8 Å². The Morgan fingerprint density at radius 1 is 0.941 bits per heavy atom. The van der Waals surface area contributed by atoms with Gasteiger partial charge in [0.1, 0.15) is 11.5 Å². The largest absolute Gasteiger partial charge is 0.454 e. The van der Waals surface area contributed by atoms with Gasteiger partial charge < -0.3 is 14.5 Å². The van der Waals surface area contributed by atoms with Gasteiger partial charge in [-0.15, -0.1) is 0 Å². The Labute approximate surface area is 196 Å². The van der Waals surface area contributed by atoms with Gasteiger partial charge in [-0.05, 0) is 55.5 Å². The first kappa shape index (κ1) is 22.7. The van der Waals surface area contributed by atoms with Gasteiger partial charge in [-0.25, -0.2) is 4.79 Å². The molecule has 180 valence electrons. The first-order chi connectivity index (χ1) is 16.3. The maximum Gasteiger partial charge on any atom is 0.416 e. The maximum absolute atomic E-state index is 13.9. The van der Waals surface area contributed by atoms with Gasteiger partial charge in [-0.1, -0.05) is 30.7 Å². The van der Waals surface area contributed by atoms with Gasteiger partial charge in [0.25, 0.3) is 0 Å². The number of halogens is 3. The zero-order chi connectivity index (χ0) is 23.9. The van der Waals surface area contributed by atoms with Crippen LogP contribution >= 0.6 is 0 Å². The normalized spacial score (nSPS) is 22.3. The van der Waals surface area contributed by atoms with E-state index in [1.165, 1.54) is 6.07 Å². The highest BCUT2D eigenvalue weighted by Crippen LogP contribution is 2.48. The summed E-state index contributed by atoms with van der Waals surface area (Å²) < 4.78 is 45.4. The Bertz CT molecular complexity index is 1090. The van der Waals surface area contributed by atoms with E-state index in [2.05, 4.69) is 0 Å². The summed E-state index contributed by atoms with van der Waals surface area (Å²) in [6.45, 7) is 1.68. The minimum Gasteiger partial charge on any atom is -0.454 e. The quantitative estimate of drug-likeness (QED) is 0.577. The van der Waals surface area contributed by atoms with Crippen molar-refractivity contribution in [2.45, 2.75) is 49.8 Å². The van der Waals surface area contributed by atoms with E-state index in [0.29, 0.717) is 50.3 Å². The summed E-state index contributed by atoms with van der Waals surface area (Å²) in [5.41, 5.74) is 0.176. The second-order valence-electron chi connectivity index (χ2n) is 9.40. The van der Waals surface area contributed by atoms with Crippen molar-refractivity contribution in [3.63, 3.8) is 0 Å². The van der Waals surface area contributed by atoms with Crippen molar-refractivity contribution in [3.8, 4) is 0 Å². The zero-order valence-corrected chi connectivity index (χ0v) is 18.8. The maximum atomic E-state index is 13.9. The van der Waals surface area contributed by atoms with E-state index in [1.54, 1.807) is 23.1 Å². The number of alkyl halides is 3. The number of carbonyl (C=O) groups is 2. The van der Waals surface area contributed by atoms with Crippen molar-refractivity contribution in [2.75, 3.05) is 31.1 Å². The highest BCUT2D eigenvalue weighted by Gasteiger charge is 2.53. The van der Waals surface area contributed by atoms with Crippen LogP contribution in [0.3, 0.4) is 0 Å². The second kappa shape index (κ2) is 8.64. The fourth-order valence-corrected chi connectivity index (χ4v) is 5.66. The van der Waals surface area contributed by atoms with Crippen LogP contribution in [0.15, 0.2) is 48.5 Å². The molecule has 1 atom stereocenters. The molecule has 2 aromatic carbocycles. The molecule has 1 saturated heterocycles. The number of nitrogens with zero attached hydrogens (tertiary/aromatic N) is 2. The van der Waals surface area contributed by atoms with Crippen LogP contribution in [0.25, 0.3) is 0 Å². The Hall–Kier alpha value is -3.03. The SMILES string of the molecule is O=C1OC2(CCCCC2)C(C(=O)N2CCN(c3cccc(C(F)(F)F)c3)CC2)c2ccccc21. The average molecular weight is 473 g/mol. The highest BCUT2D eigenvalue weighted by molar-refractivity contribution is 5.98. The summed E-state index contributed by atoms with van der Waals surface area (Å²) in [5.74, 6) is -0.983. The van der Waals surface area contributed by atoms with E-state index < -0.39 is 23.3 Å². The molecule has 2 aromatic rings. The minimum absolute atomic E-state index is 0.0643. The molecule has 1 saturated carbocycles. The number of fused-ring (bicyclic) bond motifs is 1. The van der Waals surface area contributed by atoms with Gasteiger partial charge in [0.05, 0.1) is 11.1 Å². The molecular weight excluding hydrogens is 445 g/mol. The molecule has 1 spiro atoms. The Kier molecular flexibility index (Phi) is 5.78. The highest BCUT2D eigenvalue weighted by atomic mass is 19.4. The Balaban J connectivity index is 1.37. The van der Waals surface area contributed by atoms with Crippen molar-refractivity contribution in [1.29, 1.82) is 0 Å². The van der Waals surface area contributed by atoms with Crippen LogP contribution in [0.5, 0.6) is 0 Å². The second-order valence-corrected chi connectivity index (χ2v) is 9.40. The topological polar surface area (TPSA) is 49.9 Å². The lowest BCUT2D eigenvalue weighted by Crippen LogP contribution is -2.56. The number of amides is 1. The molecule has 2 heterocycles. The predicted molar refractivity (Wildman–Crippen MR) is 121 cm³/mol. The summed E-state index contributed by atoms with van der Waals surface area (Å²) >= 11 is 0. The summed E-state index contributed by atoms with van der Waals surface area (Å²) in [5, 5.41) is 0. The van der Waals surface area contributed by atoms with Gasteiger partial charge in [0.15, 0.2) is 0 Å². The molecule has 0 bridgehead atoms. The standard InChI is InChI=1S/C26H27F3N2O3/c27-26(28,29)18-7-6-8-19(17-18)30-13-15-31(16-14-30)23(32)22-20-9-2-3-10-21(20)24(33)34-25(22)11-4-1-5-12-25/h2-3,6-10,17,22H,1,4-5,11-16H2. The molecule has 2 fully saturated rings. The molecule has 3 aliphatic rings. The number of hydrogen-bond acceptors (Lipinski definition) is 4. The van der Waals surface area contributed by atoms with E-state index in [1.807, 2.05) is 17.0 Å². The van der Waals surface area contributed by atoms with E-state index in [0.717, 1.165) is 37.0 Å². The monoisotopic (exact) mass is 472 g/mol. The molecule has 2 aliphatic heterocycles. The van der Waals surface area contributed by atoms with Crippen LogP contribution in [-0.2, 0) is 15.7 Å². The number of esters is 1. The van der Waals surface area contributed by atoms with Crippen LogP contribution in [-0.4, -0.2) is 48.6 Å². The number of rotatable bonds is 2. The first-order valence-corrected chi connectivity index (χ1v) is 11.8. The molecule has 1 amide bonds. The molecule has 34 heavy (non-hydrogen) atoms. The van der Waals surface area contributed by atoms with Gasteiger partial charge in [0.2, 0.25) is 5.91 Å². The van der Waals surface area contributed by atoms with Crippen LogP contribution in [0, 0.1) is 0 Å². The molecule has 5 nitrogen and oxygen atoms in total. The van der Waals surface area contributed by atoms with Crippen LogP contribution in [0.1, 0.15) is 59.5 Å². The summed E-state index contributed by atoms with van der Waals surface area (Å²) in [6.07, 6.45) is -0.210. The van der Waals surface area contributed by atoms with E-state index in [4.69, 9.17) is 4.74 Å². The van der Waals surface area contributed by atoms with Crippen molar-refractivity contribution >= 4 is 17.6 Å². The summed E-state index contributed by atoms with van der Waals surface area (Å²) in [4.78, 5) is 30.3. The smallest absolute Gasteiger partial charge is 0.416 e. The lowest BCUT2D eigenvalue weighted by atomic mass is 9.69. The fourth-order valence-electron chi connectivity index (χ4n) is 5.66. The number of ether oxygens (including phenoxy) is 1. The predicted octanol–water partition coefficient (Wildman–Crippen LogP) is 5.01. The van der Waals surface area contributed by atoms with Gasteiger partial charge in [-0.3, -0.25) is 4.79 Å². The van der Waals surface area contributed by atoms with Crippen molar-refractivity contribution in [3.05, 3.63) is 65.2 Å². The molecule has 0 radical (unpaired) electrons. The van der Waals surface area contributed by atoms with Crippen LogP contribution in [0.4, 0.5) is 18.9 Å². The first-order valence-electron chi connectivity index (χ1n) is 11.8. The minimum atomic E-state index is -4.39. The van der Waals surface area contributed by atoms with Crippen molar-refractivity contribution in [1.82, 2.24) is 4.90 Å². The zero-order valence-electron chi connectivity index (χ0n) is 18.8. The molecule has 5 rings (SSSR count). The molecule has 1 unspecified atom stereocenters. The molecule has 1 aliphatic carbocycles. The van der Waals surface area contributed by atoms with Crippen molar-refractivity contribution in [2.24, 2.45) is 0 Å². The van der Waals surface area contributed by atoms with Crippen molar-refractivity contribution < 1.29 is 27.5 Å². The Morgan fingerprint density at radius 3 is 2.35 bits per heavy atom. The van der Waals surface area contributed by atoms with E-state index >= 15 is 0 Å². The number of anilines is 1. The number of carbonyl (C=O) groups excluding carboxylic acids is 2. The number of benzene rings is 2. The lowest BCUT2D eigenvalue weighted by Gasteiger charge is -2.47. The number of piperazine rings is 1. The molecular formula is C26H27F3N2O3. The molecule has 8 heteroatoms. The average Bonchev–Trinajstić information content (AvgIpc) is 2.84.